The lowest BCUT2D eigenvalue weighted by atomic mass is 9.98. The average Bonchev–Trinajstić information content (AvgIpc) is 2.95. The van der Waals surface area contributed by atoms with Gasteiger partial charge in [0.15, 0.2) is 0 Å². The van der Waals surface area contributed by atoms with Gasteiger partial charge >= 0.3 is 6.03 Å². The molecule has 1 saturated heterocycles. The van der Waals surface area contributed by atoms with Crippen molar-refractivity contribution in [1.29, 1.82) is 0 Å². The van der Waals surface area contributed by atoms with Gasteiger partial charge < -0.3 is 15.4 Å². The summed E-state index contributed by atoms with van der Waals surface area (Å²) in [6, 6.07) is 30.0. The van der Waals surface area contributed by atoms with Crippen molar-refractivity contribution in [2.45, 2.75) is 6.54 Å². The molecule has 2 heterocycles. The van der Waals surface area contributed by atoms with Gasteiger partial charge in [-0.15, -0.1) is 0 Å². The molecule has 1 aromatic heterocycles. The maximum absolute atomic E-state index is 13.0. The Balaban J connectivity index is 1.23. The summed E-state index contributed by atoms with van der Waals surface area (Å²) in [4.78, 5) is 20.1. The fourth-order valence-electron chi connectivity index (χ4n) is 4.94. The summed E-state index contributed by atoms with van der Waals surface area (Å²) in [5.74, 6) is 0. The average molecular weight is 489 g/mol. The number of ether oxygens (including phenoxy) is 1. The lowest BCUT2D eigenvalue weighted by molar-refractivity contribution is 0.0336. The SMILES string of the molecule is O=C(Nc1cccc2ccccc12)Nc1ccc(-c2ccc(CN3CCOCC3)nc2)c2ccccc12. The first-order chi connectivity index (χ1) is 18.2. The van der Waals surface area contributed by atoms with Crippen LogP contribution in [0.3, 0.4) is 0 Å². The highest BCUT2D eigenvalue weighted by Crippen LogP contribution is 2.33. The van der Waals surface area contributed by atoms with Gasteiger partial charge in [0.05, 0.1) is 30.3 Å². The highest BCUT2D eigenvalue weighted by molar-refractivity contribution is 6.11. The Bertz CT molecular complexity index is 1550. The van der Waals surface area contributed by atoms with Crippen LogP contribution in [0.15, 0.2) is 97.2 Å². The van der Waals surface area contributed by atoms with E-state index in [2.05, 4.69) is 39.8 Å². The summed E-state index contributed by atoms with van der Waals surface area (Å²) in [5.41, 5.74) is 4.72. The third-order valence-electron chi connectivity index (χ3n) is 6.84. The van der Waals surface area contributed by atoms with Crippen molar-refractivity contribution < 1.29 is 9.53 Å². The predicted molar refractivity (Wildman–Crippen MR) is 150 cm³/mol. The fourth-order valence-corrected chi connectivity index (χ4v) is 4.94. The summed E-state index contributed by atoms with van der Waals surface area (Å²) < 4.78 is 5.44. The lowest BCUT2D eigenvalue weighted by Crippen LogP contribution is -2.35. The molecular formula is C31H28N4O2. The van der Waals surface area contributed by atoms with Crippen LogP contribution in [0.25, 0.3) is 32.7 Å². The summed E-state index contributed by atoms with van der Waals surface area (Å²) in [5, 5.41) is 10.2. The number of aromatic nitrogens is 1. The van der Waals surface area contributed by atoms with Gasteiger partial charge in [0, 0.05) is 42.2 Å². The molecule has 6 nitrogen and oxygen atoms in total. The number of carbonyl (C=O) groups is 1. The molecule has 6 rings (SSSR count). The molecule has 1 fully saturated rings. The molecule has 4 aromatic carbocycles. The Hall–Kier alpha value is -4.26. The van der Waals surface area contributed by atoms with Gasteiger partial charge in [-0.1, -0.05) is 72.8 Å². The van der Waals surface area contributed by atoms with Crippen molar-refractivity contribution in [1.82, 2.24) is 9.88 Å². The van der Waals surface area contributed by atoms with E-state index < -0.39 is 0 Å². The fraction of sp³-hybridized carbons (Fsp3) is 0.161. The highest BCUT2D eigenvalue weighted by Gasteiger charge is 2.14. The van der Waals surface area contributed by atoms with Crippen LogP contribution in [0.2, 0.25) is 0 Å². The van der Waals surface area contributed by atoms with E-state index in [1.165, 1.54) is 0 Å². The number of hydrogen-bond donors (Lipinski definition) is 2. The molecule has 0 radical (unpaired) electrons. The molecule has 6 heteroatoms. The van der Waals surface area contributed by atoms with E-state index in [9.17, 15) is 4.79 Å². The molecule has 0 aliphatic carbocycles. The Morgan fingerprint density at radius 3 is 2.24 bits per heavy atom. The third-order valence-corrected chi connectivity index (χ3v) is 6.84. The van der Waals surface area contributed by atoms with E-state index in [-0.39, 0.29) is 6.03 Å². The number of pyridine rings is 1. The smallest absolute Gasteiger partial charge is 0.323 e. The third kappa shape index (κ3) is 5.03. The van der Waals surface area contributed by atoms with E-state index in [0.29, 0.717) is 0 Å². The molecule has 1 aliphatic rings. The number of anilines is 2. The molecule has 0 spiro atoms. The minimum atomic E-state index is -0.275. The van der Waals surface area contributed by atoms with Gasteiger partial charge in [-0.25, -0.2) is 4.79 Å². The monoisotopic (exact) mass is 488 g/mol. The van der Waals surface area contributed by atoms with Gasteiger partial charge in [-0.05, 0) is 34.5 Å². The lowest BCUT2D eigenvalue weighted by Gasteiger charge is -2.26. The van der Waals surface area contributed by atoms with E-state index in [1.807, 2.05) is 72.9 Å². The topological polar surface area (TPSA) is 66.5 Å². The summed E-state index contributed by atoms with van der Waals surface area (Å²) >= 11 is 0. The van der Waals surface area contributed by atoms with Crippen molar-refractivity contribution in [3.63, 3.8) is 0 Å². The zero-order valence-electron chi connectivity index (χ0n) is 20.5. The molecule has 0 bridgehead atoms. The van der Waals surface area contributed by atoms with E-state index in [4.69, 9.17) is 9.72 Å². The van der Waals surface area contributed by atoms with Crippen LogP contribution < -0.4 is 10.6 Å². The first-order valence-electron chi connectivity index (χ1n) is 12.6. The van der Waals surface area contributed by atoms with Crippen LogP contribution in [-0.2, 0) is 11.3 Å². The number of hydrogen-bond acceptors (Lipinski definition) is 4. The number of nitrogens with zero attached hydrogens (tertiary/aromatic N) is 2. The van der Waals surface area contributed by atoms with Crippen molar-refractivity contribution in [3.05, 3.63) is 103 Å². The summed E-state index contributed by atoms with van der Waals surface area (Å²) in [6.45, 7) is 4.28. The van der Waals surface area contributed by atoms with Crippen LogP contribution in [-0.4, -0.2) is 42.2 Å². The zero-order chi connectivity index (χ0) is 25.0. The maximum Gasteiger partial charge on any atom is 0.323 e. The van der Waals surface area contributed by atoms with Gasteiger partial charge in [0.1, 0.15) is 0 Å². The van der Waals surface area contributed by atoms with Gasteiger partial charge in [-0.2, -0.15) is 0 Å². The van der Waals surface area contributed by atoms with Crippen molar-refractivity contribution >= 4 is 39.0 Å². The Morgan fingerprint density at radius 2 is 1.46 bits per heavy atom. The van der Waals surface area contributed by atoms with Crippen molar-refractivity contribution in [2.75, 3.05) is 36.9 Å². The molecule has 2 N–H and O–H groups in total. The minimum absolute atomic E-state index is 0.275. The second kappa shape index (κ2) is 10.4. The number of fused-ring (bicyclic) bond motifs is 2. The van der Waals surface area contributed by atoms with Gasteiger partial charge in [0.25, 0.3) is 0 Å². The molecule has 184 valence electrons. The summed E-state index contributed by atoms with van der Waals surface area (Å²) in [7, 11) is 0. The molecule has 1 aliphatic heterocycles. The number of carbonyl (C=O) groups excluding carboxylic acids is 1. The Kier molecular flexibility index (Phi) is 6.50. The maximum atomic E-state index is 13.0. The Morgan fingerprint density at radius 1 is 0.757 bits per heavy atom. The second-order valence-electron chi connectivity index (χ2n) is 9.24. The number of nitrogens with one attached hydrogen (secondary N) is 2. The van der Waals surface area contributed by atoms with E-state index in [0.717, 1.165) is 82.6 Å². The molecular weight excluding hydrogens is 460 g/mol. The highest BCUT2D eigenvalue weighted by atomic mass is 16.5. The number of morpholine rings is 1. The molecule has 5 aromatic rings. The van der Waals surface area contributed by atoms with Gasteiger partial charge in [0.2, 0.25) is 0 Å². The van der Waals surface area contributed by atoms with E-state index >= 15 is 0 Å². The van der Waals surface area contributed by atoms with Crippen LogP contribution >= 0.6 is 0 Å². The predicted octanol–water partition coefficient (Wildman–Crippen LogP) is 6.53. The van der Waals surface area contributed by atoms with Crippen LogP contribution in [0.1, 0.15) is 5.69 Å². The number of rotatable bonds is 5. The van der Waals surface area contributed by atoms with Crippen LogP contribution in [0.4, 0.5) is 16.2 Å². The molecule has 37 heavy (non-hydrogen) atoms. The van der Waals surface area contributed by atoms with Crippen molar-refractivity contribution in [2.24, 2.45) is 0 Å². The van der Waals surface area contributed by atoms with Crippen LogP contribution in [0.5, 0.6) is 0 Å². The van der Waals surface area contributed by atoms with Crippen molar-refractivity contribution in [3.8, 4) is 11.1 Å². The first kappa shape index (κ1) is 23.2. The Labute approximate surface area is 215 Å². The van der Waals surface area contributed by atoms with E-state index in [1.54, 1.807) is 0 Å². The largest absolute Gasteiger partial charge is 0.379 e. The quantitative estimate of drug-likeness (QED) is 0.295. The summed E-state index contributed by atoms with van der Waals surface area (Å²) in [6.07, 6.45) is 1.94. The number of benzene rings is 4. The number of amides is 2. The molecule has 0 unspecified atom stereocenters. The van der Waals surface area contributed by atoms with Gasteiger partial charge in [-0.3, -0.25) is 9.88 Å². The zero-order valence-corrected chi connectivity index (χ0v) is 20.5. The minimum Gasteiger partial charge on any atom is -0.379 e. The standard InChI is InChI=1S/C31H28N4O2/c36-31(33-29-11-5-7-22-6-1-2-8-26(22)29)34-30-15-14-25(27-9-3-4-10-28(27)30)23-12-13-24(32-20-23)21-35-16-18-37-19-17-35/h1-15,20H,16-19,21H2,(H2,33,34,36). The molecule has 0 atom stereocenters. The van der Waals surface area contributed by atoms with Crippen LogP contribution in [0, 0.1) is 0 Å². The second-order valence-corrected chi connectivity index (χ2v) is 9.24. The molecule has 0 saturated carbocycles. The molecule has 2 amide bonds. The first-order valence-corrected chi connectivity index (χ1v) is 12.6. The number of urea groups is 1. The normalized spacial score (nSPS) is 14.1.